The van der Waals surface area contributed by atoms with Gasteiger partial charge in [0.25, 0.3) is 0 Å². The van der Waals surface area contributed by atoms with E-state index in [4.69, 9.17) is 10.5 Å². The second-order valence-electron chi connectivity index (χ2n) is 4.21. The summed E-state index contributed by atoms with van der Waals surface area (Å²) in [6.07, 6.45) is 4.17. The molecule has 88 valence electrons. The maximum atomic E-state index is 5.94. The van der Waals surface area contributed by atoms with Crippen LogP contribution in [-0.2, 0) is 0 Å². The van der Waals surface area contributed by atoms with E-state index in [9.17, 15) is 0 Å². The van der Waals surface area contributed by atoms with Crippen molar-refractivity contribution in [3.05, 3.63) is 18.2 Å². The highest BCUT2D eigenvalue weighted by molar-refractivity contribution is 7.99. The molecule has 2 nitrogen and oxygen atoms in total. The Morgan fingerprint density at radius 1 is 1.44 bits per heavy atom. The summed E-state index contributed by atoms with van der Waals surface area (Å²) in [4.78, 5) is 1.16. The van der Waals surface area contributed by atoms with Crippen molar-refractivity contribution in [3.8, 4) is 5.75 Å². The Balaban J connectivity index is 1.91. The number of rotatable bonds is 6. The van der Waals surface area contributed by atoms with E-state index in [1.54, 1.807) is 0 Å². The van der Waals surface area contributed by atoms with Crippen molar-refractivity contribution in [2.45, 2.75) is 31.1 Å². The van der Waals surface area contributed by atoms with Crippen LogP contribution in [0, 0.1) is 5.92 Å². The highest BCUT2D eigenvalue weighted by Gasteiger charge is 2.20. The number of nitrogens with two attached hydrogens (primary N) is 1. The van der Waals surface area contributed by atoms with Crippen molar-refractivity contribution in [1.29, 1.82) is 0 Å². The van der Waals surface area contributed by atoms with Crippen LogP contribution in [0.1, 0.15) is 26.2 Å². The Hall–Kier alpha value is -0.830. The van der Waals surface area contributed by atoms with Crippen molar-refractivity contribution in [3.63, 3.8) is 0 Å². The third-order valence-electron chi connectivity index (χ3n) is 2.78. The molecule has 0 amide bonds. The van der Waals surface area contributed by atoms with Crippen molar-refractivity contribution >= 4 is 17.4 Å². The average Bonchev–Trinajstić information content (AvgIpc) is 3.07. The first-order chi connectivity index (χ1) is 7.79. The summed E-state index contributed by atoms with van der Waals surface area (Å²) in [6.45, 7) is 2.70. The number of benzene rings is 1. The van der Waals surface area contributed by atoms with E-state index in [1.807, 2.05) is 30.8 Å². The smallest absolute Gasteiger partial charge is 0.120 e. The van der Waals surface area contributed by atoms with E-state index in [0.717, 1.165) is 22.3 Å². The molecule has 2 N–H and O–H groups in total. The largest absolute Gasteiger partial charge is 0.494 e. The molecule has 0 spiro atoms. The van der Waals surface area contributed by atoms with E-state index >= 15 is 0 Å². The number of hydrogen-bond acceptors (Lipinski definition) is 3. The van der Waals surface area contributed by atoms with Crippen LogP contribution in [0.15, 0.2) is 23.1 Å². The van der Waals surface area contributed by atoms with E-state index in [-0.39, 0.29) is 0 Å². The van der Waals surface area contributed by atoms with Gasteiger partial charge in [0.1, 0.15) is 5.75 Å². The van der Waals surface area contributed by atoms with Gasteiger partial charge in [-0.15, -0.1) is 11.8 Å². The molecular weight excluding hydrogens is 218 g/mol. The molecule has 2 rings (SSSR count). The molecule has 1 fully saturated rings. The summed E-state index contributed by atoms with van der Waals surface area (Å²) in [7, 11) is 0. The van der Waals surface area contributed by atoms with E-state index in [2.05, 4.69) is 6.07 Å². The first-order valence-corrected chi connectivity index (χ1v) is 6.93. The first-order valence-electron chi connectivity index (χ1n) is 5.94. The zero-order chi connectivity index (χ0) is 11.4. The summed E-state index contributed by atoms with van der Waals surface area (Å²) >= 11 is 1.85. The number of ether oxygens (including phenoxy) is 1. The third kappa shape index (κ3) is 3.34. The highest BCUT2D eigenvalue weighted by atomic mass is 32.2. The van der Waals surface area contributed by atoms with Crippen LogP contribution in [-0.4, -0.2) is 12.4 Å². The molecule has 0 heterocycles. The fourth-order valence-corrected chi connectivity index (χ4v) is 2.74. The first kappa shape index (κ1) is 11.6. The Morgan fingerprint density at radius 3 is 2.94 bits per heavy atom. The molecule has 3 heteroatoms. The average molecular weight is 237 g/mol. The Kier molecular flexibility index (Phi) is 3.99. The van der Waals surface area contributed by atoms with Crippen LogP contribution in [0.3, 0.4) is 0 Å². The molecule has 0 atom stereocenters. The minimum Gasteiger partial charge on any atom is -0.494 e. The van der Waals surface area contributed by atoms with Gasteiger partial charge in [-0.3, -0.25) is 0 Å². The number of nitrogen functional groups attached to an aromatic ring is 1. The molecule has 1 aromatic carbocycles. The fourth-order valence-electron chi connectivity index (χ4n) is 1.64. The maximum Gasteiger partial charge on any atom is 0.120 e. The van der Waals surface area contributed by atoms with Crippen molar-refractivity contribution in [1.82, 2.24) is 0 Å². The molecule has 1 saturated carbocycles. The van der Waals surface area contributed by atoms with Gasteiger partial charge in [-0.1, -0.05) is 12.8 Å². The molecule has 1 aliphatic rings. The van der Waals surface area contributed by atoms with Crippen LogP contribution in [0.5, 0.6) is 5.75 Å². The second kappa shape index (κ2) is 5.48. The van der Waals surface area contributed by atoms with E-state index in [0.29, 0.717) is 6.61 Å². The van der Waals surface area contributed by atoms with Gasteiger partial charge >= 0.3 is 0 Å². The lowest BCUT2D eigenvalue weighted by Crippen LogP contribution is -1.94. The van der Waals surface area contributed by atoms with Crippen molar-refractivity contribution in [2.24, 2.45) is 5.92 Å². The lowest BCUT2D eigenvalue weighted by Gasteiger charge is -2.08. The molecule has 0 aromatic heterocycles. The predicted octanol–water partition coefficient (Wildman–Crippen LogP) is 3.56. The normalized spacial score (nSPS) is 15.1. The molecule has 0 aliphatic heterocycles. The zero-order valence-electron chi connectivity index (χ0n) is 9.74. The summed E-state index contributed by atoms with van der Waals surface area (Å²) in [5, 5.41) is 0. The summed E-state index contributed by atoms with van der Waals surface area (Å²) in [6, 6.07) is 5.92. The van der Waals surface area contributed by atoms with Crippen molar-refractivity contribution < 1.29 is 4.74 Å². The van der Waals surface area contributed by atoms with Crippen molar-refractivity contribution in [2.75, 3.05) is 18.1 Å². The van der Waals surface area contributed by atoms with Crippen LogP contribution >= 0.6 is 11.8 Å². The van der Waals surface area contributed by atoms with Gasteiger partial charge in [-0.25, -0.2) is 0 Å². The molecule has 0 saturated heterocycles. The standard InChI is InChI=1S/C13H19NOS/c1-2-15-11-5-6-12(14)13(9-11)16-8-7-10-3-4-10/h5-6,9-10H,2-4,7-8,14H2,1H3. The Morgan fingerprint density at radius 2 is 2.25 bits per heavy atom. The van der Waals surface area contributed by atoms with Gasteiger partial charge in [0.2, 0.25) is 0 Å². The molecule has 0 bridgehead atoms. The SMILES string of the molecule is CCOc1ccc(N)c(SCCC2CC2)c1. The molecule has 16 heavy (non-hydrogen) atoms. The molecule has 0 unspecified atom stereocenters. The van der Waals surface area contributed by atoms with Gasteiger partial charge in [0.15, 0.2) is 0 Å². The molecule has 1 aromatic rings. The monoisotopic (exact) mass is 237 g/mol. The molecule has 1 aliphatic carbocycles. The summed E-state index contributed by atoms with van der Waals surface area (Å²) in [5.74, 6) is 3.08. The lowest BCUT2D eigenvalue weighted by molar-refractivity contribution is 0.339. The lowest BCUT2D eigenvalue weighted by atomic mass is 10.3. The van der Waals surface area contributed by atoms with Gasteiger partial charge in [-0.05, 0) is 43.2 Å². The van der Waals surface area contributed by atoms with Gasteiger partial charge in [0, 0.05) is 10.6 Å². The van der Waals surface area contributed by atoms with Crippen LogP contribution in [0.25, 0.3) is 0 Å². The summed E-state index contributed by atoms with van der Waals surface area (Å²) < 4.78 is 5.47. The second-order valence-corrected chi connectivity index (χ2v) is 5.35. The maximum absolute atomic E-state index is 5.94. The van der Waals surface area contributed by atoms with Gasteiger partial charge < -0.3 is 10.5 Å². The Bertz CT molecular complexity index is 350. The Labute approximate surface area is 102 Å². The van der Waals surface area contributed by atoms with Gasteiger partial charge in [-0.2, -0.15) is 0 Å². The number of anilines is 1. The molecule has 0 radical (unpaired) electrons. The van der Waals surface area contributed by atoms with E-state index in [1.165, 1.54) is 25.0 Å². The fraction of sp³-hybridized carbons (Fsp3) is 0.538. The van der Waals surface area contributed by atoms with Crippen LogP contribution in [0.2, 0.25) is 0 Å². The summed E-state index contributed by atoms with van der Waals surface area (Å²) in [5.41, 5.74) is 6.81. The topological polar surface area (TPSA) is 35.2 Å². The number of hydrogen-bond donors (Lipinski definition) is 1. The van der Waals surface area contributed by atoms with Crippen LogP contribution < -0.4 is 10.5 Å². The number of thioether (sulfide) groups is 1. The predicted molar refractivity (Wildman–Crippen MR) is 70.1 cm³/mol. The van der Waals surface area contributed by atoms with E-state index < -0.39 is 0 Å². The molecular formula is C13H19NOS. The minimum atomic E-state index is 0.704. The highest BCUT2D eigenvalue weighted by Crippen LogP contribution is 2.36. The van der Waals surface area contributed by atoms with Gasteiger partial charge in [0.05, 0.1) is 6.61 Å². The minimum absolute atomic E-state index is 0.704. The van der Waals surface area contributed by atoms with Crippen LogP contribution in [0.4, 0.5) is 5.69 Å². The quantitative estimate of drug-likeness (QED) is 0.607. The third-order valence-corrected chi connectivity index (χ3v) is 3.88. The zero-order valence-corrected chi connectivity index (χ0v) is 10.6.